The van der Waals surface area contributed by atoms with Crippen molar-refractivity contribution in [3.8, 4) is 74.2 Å². The van der Waals surface area contributed by atoms with Crippen LogP contribution in [-0.2, 0) is 12.4 Å². The summed E-state index contributed by atoms with van der Waals surface area (Å²) in [6.07, 6.45) is -10.2. The van der Waals surface area contributed by atoms with E-state index < -0.39 is 29.0 Å². The molecule has 6 nitrogen and oxygen atoms in total. The number of halogens is 6. The molecule has 0 aliphatic rings. The third kappa shape index (κ3) is 7.10. The third-order valence-corrected chi connectivity index (χ3v) is 10.4. The van der Waals surface area contributed by atoms with Crippen LogP contribution in [0.1, 0.15) is 22.3 Å². The van der Waals surface area contributed by atoms with Crippen LogP contribution in [0.3, 0.4) is 0 Å². The number of alkyl halides is 6. The lowest BCUT2D eigenvalue weighted by atomic mass is 9.92. The molecule has 0 atom stereocenters. The van der Waals surface area contributed by atoms with Gasteiger partial charge in [0.25, 0.3) is 0 Å². The number of fused-ring (bicyclic) bond motifs is 3. The molecule has 61 heavy (non-hydrogen) atoms. The molecule has 0 fully saturated rings. The molecule has 9 aromatic rings. The van der Waals surface area contributed by atoms with Crippen LogP contribution < -0.4 is 0 Å². The number of nitrogens with zero attached hydrogens (tertiary/aromatic N) is 6. The van der Waals surface area contributed by atoms with Gasteiger partial charge in [-0.3, -0.25) is 0 Å². The fourth-order valence-electron chi connectivity index (χ4n) is 7.58. The zero-order valence-electron chi connectivity index (χ0n) is 31.5. The number of para-hydroxylation sites is 1. The van der Waals surface area contributed by atoms with Gasteiger partial charge in [0.1, 0.15) is 0 Å². The van der Waals surface area contributed by atoms with Gasteiger partial charge in [-0.15, -0.1) is 0 Å². The van der Waals surface area contributed by atoms with Gasteiger partial charge in [0.2, 0.25) is 0 Å². The quantitative estimate of drug-likeness (QED) is 0.156. The maximum Gasteiger partial charge on any atom is 0.417 e. The summed E-state index contributed by atoms with van der Waals surface area (Å²) in [5.41, 5.74) is 1.29. The molecule has 0 bridgehead atoms. The van der Waals surface area contributed by atoms with Crippen LogP contribution in [0.2, 0.25) is 0 Å². The highest BCUT2D eigenvalue weighted by molar-refractivity contribution is 6.10. The zero-order valence-corrected chi connectivity index (χ0v) is 31.5. The summed E-state index contributed by atoms with van der Waals surface area (Å²) >= 11 is 0. The van der Waals surface area contributed by atoms with Gasteiger partial charge in [0.05, 0.1) is 45.4 Å². The van der Waals surface area contributed by atoms with E-state index in [-0.39, 0.29) is 40.2 Å². The van der Waals surface area contributed by atoms with Gasteiger partial charge < -0.3 is 4.57 Å². The van der Waals surface area contributed by atoms with Gasteiger partial charge in [0, 0.05) is 33.2 Å². The molecule has 0 spiro atoms. The van der Waals surface area contributed by atoms with Gasteiger partial charge in [-0.1, -0.05) is 103 Å². The van der Waals surface area contributed by atoms with Gasteiger partial charge in [-0.05, 0) is 76.9 Å². The molecule has 0 saturated carbocycles. The topological polar surface area (TPSA) is 91.2 Å². The first-order chi connectivity index (χ1) is 29.4. The van der Waals surface area contributed by atoms with Crippen molar-refractivity contribution in [2.45, 2.75) is 12.4 Å². The summed E-state index contributed by atoms with van der Waals surface area (Å²) in [4.78, 5) is 14.2. The second kappa shape index (κ2) is 14.9. The monoisotopic (exact) mass is 812 g/mol. The van der Waals surface area contributed by atoms with E-state index in [4.69, 9.17) is 15.0 Å². The van der Waals surface area contributed by atoms with Gasteiger partial charge >= 0.3 is 12.4 Å². The molecule has 294 valence electrons. The second-order valence-corrected chi connectivity index (χ2v) is 14.1. The Bertz CT molecular complexity index is 3190. The molecule has 0 aliphatic carbocycles. The molecule has 0 aliphatic heterocycles. The minimum Gasteiger partial charge on any atom is -0.309 e. The number of rotatable bonds is 6. The largest absolute Gasteiger partial charge is 0.417 e. The minimum absolute atomic E-state index is 0.00311. The van der Waals surface area contributed by atoms with E-state index in [9.17, 15) is 23.7 Å². The Morgan fingerprint density at radius 3 is 1.69 bits per heavy atom. The van der Waals surface area contributed by atoms with Gasteiger partial charge in [-0.2, -0.15) is 36.9 Å². The Hall–Kier alpha value is -8.09. The molecule has 0 N–H and O–H groups in total. The zero-order chi connectivity index (χ0) is 42.5. The predicted octanol–water partition coefficient (Wildman–Crippen LogP) is 13.1. The molecule has 0 amide bonds. The summed E-state index contributed by atoms with van der Waals surface area (Å²) in [6, 6.07) is 46.3. The summed E-state index contributed by atoms with van der Waals surface area (Å²) in [7, 11) is 0. The molecule has 7 aromatic carbocycles. The average Bonchev–Trinajstić information content (AvgIpc) is 3.62. The molecular weight excluding hydrogens is 787 g/mol. The Labute approximate surface area is 343 Å². The van der Waals surface area contributed by atoms with Crippen molar-refractivity contribution in [2.75, 3.05) is 0 Å². The Kier molecular flexibility index (Phi) is 9.41. The number of benzene rings is 7. The standard InChI is InChI=1S/C49H26F6N6/c50-48(51,52)34-17-21-37(42(25-34)49(53,54)55)41-26-35(18-22-40(41)47-59-45(30-9-3-1-4-10-30)58-46(60-47)31-11-5-2-6-12-31)61-43-14-8-7-13-38(43)39-20-16-32(24-44(39)61)36-19-15-29(27-56)23-33(36)28-57/h1-26H. The molecule has 0 radical (unpaired) electrons. The maximum absolute atomic E-state index is 15.1. The Balaban J connectivity index is 1.35. The molecule has 9 rings (SSSR count). The van der Waals surface area contributed by atoms with Crippen molar-refractivity contribution in [3.05, 3.63) is 180 Å². The number of nitriles is 2. The number of hydrogen-bond acceptors (Lipinski definition) is 5. The normalized spacial score (nSPS) is 11.7. The molecular formula is C49H26F6N6. The average molecular weight is 813 g/mol. The summed E-state index contributed by atoms with van der Waals surface area (Å²) in [5.74, 6) is 0.464. The highest BCUT2D eigenvalue weighted by Gasteiger charge is 2.39. The highest BCUT2D eigenvalue weighted by Crippen LogP contribution is 2.45. The van der Waals surface area contributed by atoms with Crippen LogP contribution in [0.5, 0.6) is 0 Å². The number of hydrogen-bond donors (Lipinski definition) is 0. The van der Waals surface area contributed by atoms with Crippen LogP contribution in [0.4, 0.5) is 26.3 Å². The van der Waals surface area contributed by atoms with Gasteiger partial charge in [-0.25, -0.2) is 15.0 Å². The van der Waals surface area contributed by atoms with Crippen LogP contribution >= 0.6 is 0 Å². The van der Waals surface area contributed by atoms with Crippen molar-refractivity contribution in [2.24, 2.45) is 0 Å². The molecule has 0 saturated heterocycles. The summed E-state index contributed by atoms with van der Waals surface area (Å²) < 4.78 is 89.0. The first-order valence-corrected chi connectivity index (χ1v) is 18.7. The van der Waals surface area contributed by atoms with Crippen molar-refractivity contribution in [1.82, 2.24) is 19.5 Å². The molecule has 12 heteroatoms. The Morgan fingerprint density at radius 1 is 0.443 bits per heavy atom. The lowest BCUT2D eigenvalue weighted by molar-refractivity contribution is -0.142. The lowest BCUT2D eigenvalue weighted by Crippen LogP contribution is -2.12. The summed E-state index contributed by atoms with van der Waals surface area (Å²) in [6.45, 7) is 0. The predicted molar refractivity (Wildman–Crippen MR) is 221 cm³/mol. The van der Waals surface area contributed by atoms with Crippen molar-refractivity contribution in [1.29, 1.82) is 10.5 Å². The third-order valence-electron chi connectivity index (χ3n) is 10.4. The van der Waals surface area contributed by atoms with E-state index in [1.807, 2.05) is 65.2 Å². The van der Waals surface area contributed by atoms with E-state index in [2.05, 4.69) is 6.07 Å². The first kappa shape index (κ1) is 38.4. The summed E-state index contributed by atoms with van der Waals surface area (Å²) in [5, 5.41) is 21.1. The first-order valence-electron chi connectivity index (χ1n) is 18.7. The Morgan fingerprint density at radius 2 is 1.05 bits per heavy atom. The maximum atomic E-state index is 15.1. The van der Waals surface area contributed by atoms with Crippen LogP contribution in [0, 0.1) is 22.7 Å². The SMILES string of the molecule is N#Cc1ccc(-c2ccc3c4ccccc4n(-c4ccc(-c5nc(-c6ccccc6)nc(-c6ccccc6)n5)c(-c5ccc(C(F)(F)F)cc5C(F)(F)F)c4)c3c2)c(C#N)c1. The fourth-order valence-corrected chi connectivity index (χ4v) is 7.58. The highest BCUT2D eigenvalue weighted by atomic mass is 19.4. The fraction of sp³-hybridized carbons (Fsp3) is 0.0408. The minimum atomic E-state index is -5.20. The lowest BCUT2D eigenvalue weighted by Gasteiger charge is -2.20. The second-order valence-electron chi connectivity index (χ2n) is 14.1. The van der Waals surface area contributed by atoms with E-state index in [0.717, 1.165) is 16.8 Å². The van der Waals surface area contributed by atoms with Crippen LogP contribution in [0.25, 0.3) is 83.9 Å². The van der Waals surface area contributed by atoms with E-state index in [1.54, 1.807) is 72.8 Å². The molecule has 2 heterocycles. The molecule has 0 unspecified atom stereocenters. The van der Waals surface area contributed by atoms with E-state index in [1.165, 1.54) is 12.1 Å². The molecule has 2 aromatic heterocycles. The van der Waals surface area contributed by atoms with E-state index in [0.29, 0.717) is 50.6 Å². The van der Waals surface area contributed by atoms with Crippen LogP contribution in [-0.4, -0.2) is 19.5 Å². The smallest absolute Gasteiger partial charge is 0.309 e. The van der Waals surface area contributed by atoms with Crippen molar-refractivity contribution < 1.29 is 26.3 Å². The number of aromatic nitrogens is 4. The van der Waals surface area contributed by atoms with Crippen molar-refractivity contribution >= 4 is 21.8 Å². The van der Waals surface area contributed by atoms with Crippen LogP contribution in [0.15, 0.2) is 158 Å². The van der Waals surface area contributed by atoms with E-state index >= 15 is 13.2 Å². The van der Waals surface area contributed by atoms with Gasteiger partial charge in [0.15, 0.2) is 17.5 Å². The van der Waals surface area contributed by atoms with Crippen molar-refractivity contribution in [3.63, 3.8) is 0 Å².